The number of ether oxygens (including phenoxy) is 1. The van der Waals surface area contributed by atoms with Crippen LogP contribution >= 0.6 is 0 Å². The fourth-order valence-electron chi connectivity index (χ4n) is 2.07. The largest absolute Gasteiger partial charge is 0.494 e. The molecule has 0 atom stereocenters. The number of amides is 1. The van der Waals surface area contributed by atoms with Gasteiger partial charge >= 0.3 is 0 Å². The van der Waals surface area contributed by atoms with Gasteiger partial charge in [-0.05, 0) is 36.2 Å². The Hall–Kier alpha value is -2.63. The first-order chi connectivity index (χ1) is 11.0. The Morgan fingerprint density at radius 2 is 2.09 bits per heavy atom. The maximum atomic E-state index is 13.6. The lowest BCUT2D eigenvalue weighted by molar-refractivity contribution is -0.116. The lowest BCUT2D eigenvalue weighted by Crippen LogP contribution is -2.14. The van der Waals surface area contributed by atoms with Crippen LogP contribution in [0.4, 0.5) is 15.9 Å². The number of aryl methyl sites for hydroxylation is 1. The van der Waals surface area contributed by atoms with Crippen LogP contribution in [0.25, 0.3) is 0 Å². The normalized spacial score (nSPS) is 10.3. The number of halogens is 1. The summed E-state index contributed by atoms with van der Waals surface area (Å²) in [6, 6.07) is 8.33. The molecule has 0 saturated carbocycles. The second-order valence-corrected chi connectivity index (χ2v) is 5.32. The molecule has 0 saturated heterocycles. The highest BCUT2D eigenvalue weighted by molar-refractivity contribution is 5.90. The monoisotopic (exact) mass is 317 g/mol. The summed E-state index contributed by atoms with van der Waals surface area (Å²) in [6.07, 6.45) is 2.33. The van der Waals surface area contributed by atoms with Gasteiger partial charge in [0.05, 0.1) is 19.0 Å². The minimum absolute atomic E-state index is 0.138. The molecule has 0 unspecified atom stereocenters. The molecule has 122 valence electrons. The highest BCUT2D eigenvalue weighted by Crippen LogP contribution is 2.19. The molecule has 2 aromatic rings. The van der Waals surface area contributed by atoms with Gasteiger partial charge in [0.1, 0.15) is 5.82 Å². The summed E-state index contributed by atoms with van der Waals surface area (Å²) in [6.45, 7) is 0. The van der Waals surface area contributed by atoms with Crippen molar-refractivity contribution in [3.63, 3.8) is 0 Å². The summed E-state index contributed by atoms with van der Waals surface area (Å²) in [5, 5.41) is 2.78. The van der Waals surface area contributed by atoms with E-state index in [2.05, 4.69) is 10.3 Å². The van der Waals surface area contributed by atoms with Crippen molar-refractivity contribution in [2.75, 3.05) is 31.4 Å². The molecule has 5 nitrogen and oxygen atoms in total. The Bertz CT molecular complexity index is 672. The van der Waals surface area contributed by atoms with Gasteiger partial charge in [-0.3, -0.25) is 4.79 Å². The van der Waals surface area contributed by atoms with Gasteiger partial charge in [0.25, 0.3) is 0 Å². The SMILES string of the molecule is COc1ccc(CCC(=O)Nc2ccc(N(C)C)nc2)cc1F. The van der Waals surface area contributed by atoms with Crippen molar-refractivity contribution in [3.05, 3.63) is 47.9 Å². The smallest absolute Gasteiger partial charge is 0.224 e. The van der Waals surface area contributed by atoms with Gasteiger partial charge in [-0.2, -0.15) is 0 Å². The number of carbonyl (C=O) groups is 1. The lowest BCUT2D eigenvalue weighted by Gasteiger charge is -2.11. The zero-order chi connectivity index (χ0) is 16.8. The second kappa shape index (κ2) is 7.58. The number of aromatic nitrogens is 1. The number of hydrogen-bond acceptors (Lipinski definition) is 4. The number of hydrogen-bond donors (Lipinski definition) is 1. The Morgan fingerprint density at radius 3 is 2.65 bits per heavy atom. The first-order valence-corrected chi connectivity index (χ1v) is 7.25. The van der Waals surface area contributed by atoms with Crippen LogP contribution in [-0.4, -0.2) is 32.1 Å². The predicted octanol–water partition coefficient (Wildman–Crippen LogP) is 2.87. The van der Waals surface area contributed by atoms with Gasteiger partial charge in [-0.1, -0.05) is 6.07 Å². The van der Waals surface area contributed by atoms with E-state index in [1.165, 1.54) is 13.2 Å². The molecule has 0 fully saturated rings. The number of anilines is 2. The number of pyridine rings is 1. The molecule has 0 aliphatic heterocycles. The summed E-state index contributed by atoms with van der Waals surface area (Å²) in [4.78, 5) is 18.1. The fourth-order valence-corrected chi connectivity index (χ4v) is 2.07. The standard InChI is InChI=1S/C17H20FN3O2/c1-21(2)16-8-6-13(11-19-16)20-17(22)9-5-12-4-7-15(23-3)14(18)10-12/h4,6-8,10-11H,5,9H2,1-3H3,(H,20,22). The van der Waals surface area contributed by atoms with Gasteiger partial charge < -0.3 is 15.0 Å². The van der Waals surface area contributed by atoms with Gasteiger partial charge in [-0.15, -0.1) is 0 Å². The maximum Gasteiger partial charge on any atom is 0.224 e. The third kappa shape index (κ3) is 4.67. The molecule has 2 rings (SSSR count). The molecule has 0 aliphatic rings. The molecule has 1 aromatic heterocycles. The van der Waals surface area contributed by atoms with Crippen LogP contribution in [0.2, 0.25) is 0 Å². The van der Waals surface area contributed by atoms with Crippen LogP contribution in [0, 0.1) is 5.82 Å². The Morgan fingerprint density at radius 1 is 1.30 bits per heavy atom. The summed E-state index contributed by atoms with van der Waals surface area (Å²) in [7, 11) is 5.21. The van der Waals surface area contributed by atoms with Crippen LogP contribution in [0.15, 0.2) is 36.5 Å². The van der Waals surface area contributed by atoms with E-state index in [0.29, 0.717) is 12.1 Å². The van der Waals surface area contributed by atoms with E-state index in [1.807, 2.05) is 25.1 Å². The van der Waals surface area contributed by atoms with E-state index in [4.69, 9.17) is 4.74 Å². The molecule has 6 heteroatoms. The molecule has 23 heavy (non-hydrogen) atoms. The Labute approximate surface area is 135 Å². The van der Waals surface area contributed by atoms with Crippen molar-refractivity contribution in [1.82, 2.24) is 4.98 Å². The summed E-state index contributed by atoms with van der Waals surface area (Å²) in [5.74, 6) is 0.455. The first kappa shape index (κ1) is 16.7. The third-order valence-electron chi connectivity index (χ3n) is 3.35. The average Bonchev–Trinajstić information content (AvgIpc) is 2.53. The Kier molecular flexibility index (Phi) is 5.51. The molecule has 1 amide bonds. The highest BCUT2D eigenvalue weighted by atomic mass is 19.1. The molecular weight excluding hydrogens is 297 g/mol. The molecule has 0 radical (unpaired) electrons. The molecule has 0 aliphatic carbocycles. The summed E-state index contributed by atoms with van der Waals surface area (Å²) in [5.41, 5.74) is 1.39. The average molecular weight is 317 g/mol. The molecule has 1 aromatic carbocycles. The number of nitrogens with one attached hydrogen (secondary N) is 1. The number of rotatable bonds is 6. The van der Waals surface area contributed by atoms with Crippen LogP contribution in [0.5, 0.6) is 5.75 Å². The van der Waals surface area contributed by atoms with Crippen molar-refractivity contribution < 1.29 is 13.9 Å². The van der Waals surface area contributed by atoms with Crippen LogP contribution in [0.3, 0.4) is 0 Å². The molecular formula is C17H20FN3O2. The summed E-state index contributed by atoms with van der Waals surface area (Å²) < 4.78 is 18.5. The van der Waals surface area contributed by atoms with E-state index < -0.39 is 5.82 Å². The minimum Gasteiger partial charge on any atom is -0.494 e. The van der Waals surface area contributed by atoms with Gasteiger partial charge in [0, 0.05) is 20.5 Å². The number of methoxy groups -OCH3 is 1. The van der Waals surface area contributed by atoms with Crippen LogP contribution in [-0.2, 0) is 11.2 Å². The van der Waals surface area contributed by atoms with Crippen molar-refractivity contribution in [3.8, 4) is 5.75 Å². The first-order valence-electron chi connectivity index (χ1n) is 7.25. The number of nitrogens with zero attached hydrogens (tertiary/aromatic N) is 2. The topological polar surface area (TPSA) is 54.5 Å². The molecule has 1 heterocycles. The fraction of sp³-hybridized carbons (Fsp3) is 0.294. The summed E-state index contributed by atoms with van der Waals surface area (Å²) >= 11 is 0. The third-order valence-corrected chi connectivity index (χ3v) is 3.35. The van der Waals surface area contributed by atoms with Gasteiger partial charge in [-0.25, -0.2) is 9.37 Å². The predicted molar refractivity (Wildman–Crippen MR) is 88.5 cm³/mol. The molecule has 0 bridgehead atoms. The molecule has 1 N–H and O–H groups in total. The molecule has 0 spiro atoms. The van der Waals surface area contributed by atoms with E-state index in [0.717, 1.165) is 11.4 Å². The van der Waals surface area contributed by atoms with Gasteiger partial charge in [0.2, 0.25) is 5.91 Å². The van der Waals surface area contributed by atoms with Crippen molar-refractivity contribution in [2.45, 2.75) is 12.8 Å². The maximum absolute atomic E-state index is 13.6. The lowest BCUT2D eigenvalue weighted by atomic mass is 10.1. The zero-order valence-corrected chi connectivity index (χ0v) is 13.5. The Balaban J connectivity index is 1.88. The van der Waals surface area contributed by atoms with Crippen molar-refractivity contribution in [1.29, 1.82) is 0 Å². The van der Waals surface area contributed by atoms with Gasteiger partial charge in [0.15, 0.2) is 11.6 Å². The number of benzene rings is 1. The van der Waals surface area contributed by atoms with E-state index >= 15 is 0 Å². The minimum atomic E-state index is -0.422. The zero-order valence-electron chi connectivity index (χ0n) is 13.5. The van der Waals surface area contributed by atoms with Crippen molar-refractivity contribution >= 4 is 17.4 Å². The van der Waals surface area contributed by atoms with E-state index in [1.54, 1.807) is 24.4 Å². The number of carbonyl (C=O) groups excluding carboxylic acids is 1. The van der Waals surface area contributed by atoms with Crippen LogP contribution < -0.4 is 15.0 Å². The van der Waals surface area contributed by atoms with E-state index in [-0.39, 0.29) is 18.1 Å². The van der Waals surface area contributed by atoms with E-state index in [9.17, 15) is 9.18 Å². The van der Waals surface area contributed by atoms with Crippen molar-refractivity contribution in [2.24, 2.45) is 0 Å². The quantitative estimate of drug-likeness (QED) is 0.890. The van der Waals surface area contributed by atoms with Crippen LogP contribution in [0.1, 0.15) is 12.0 Å². The highest BCUT2D eigenvalue weighted by Gasteiger charge is 2.07. The second-order valence-electron chi connectivity index (χ2n) is 5.32.